The van der Waals surface area contributed by atoms with E-state index in [1.54, 1.807) is 4.90 Å². The Bertz CT molecular complexity index is 299. The normalized spacial score (nSPS) is 23.1. The summed E-state index contributed by atoms with van der Waals surface area (Å²) in [5.74, 6) is 1.69. The van der Waals surface area contributed by atoms with E-state index >= 15 is 0 Å². The van der Waals surface area contributed by atoms with Gasteiger partial charge in [-0.15, -0.1) is 0 Å². The molecule has 1 amide bonds. The van der Waals surface area contributed by atoms with E-state index in [9.17, 15) is 9.59 Å². The summed E-state index contributed by atoms with van der Waals surface area (Å²) in [5.41, 5.74) is 0. The van der Waals surface area contributed by atoms with E-state index in [0.717, 1.165) is 25.8 Å². The van der Waals surface area contributed by atoms with Crippen LogP contribution >= 0.6 is 0 Å². The van der Waals surface area contributed by atoms with E-state index in [1.807, 2.05) is 13.8 Å². The molecule has 18 heavy (non-hydrogen) atoms. The van der Waals surface area contributed by atoms with Gasteiger partial charge in [0, 0.05) is 18.9 Å². The summed E-state index contributed by atoms with van der Waals surface area (Å²) in [6.07, 6.45) is 3.48. The van der Waals surface area contributed by atoms with Crippen molar-refractivity contribution in [3.05, 3.63) is 0 Å². The molecular weight excluding hydrogens is 226 g/mol. The fourth-order valence-corrected chi connectivity index (χ4v) is 2.46. The van der Waals surface area contributed by atoms with Crippen LogP contribution in [0.2, 0.25) is 0 Å². The molecule has 1 saturated heterocycles. The molecule has 0 N–H and O–H groups in total. The number of hydrogen-bond donors (Lipinski definition) is 0. The van der Waals surface area contributed by atoms with Crippen molar-refractivity contribution < 1.29 is 9.59 Å². The van der Waals surface area contributed by atoms with Crippen molar-refractivity contribution in [2.45, 2.75) is 53.4 Å². The average molecular weight is 253 g/mol. The summed E-state index contributed by atoms with van der Waals surface area (Å²) < 4.78 is 0. The molecule has 0 saturated carbocycles. The van der Waals surface area contributed by atoms with Gasteiger partial charge in [0.2, 0.25) is 5.91 Å². The maximum atomic E-state index is 12.0. The fraction of sp³-hybridized carbons (Fsp3) is 0.867. The lowest BCUT2D eigenvalue weighted by atomic mass is 9.89. The van der Waals surface area contributed by atoms with Crippen LogP contribution in [0.25, 0.3) is 0 Å². The molecule has 0 bridgehead atoms. The van der Waals surface area contributed by atoms with Crippen molar-refractivity contribution in [2.75, 3.05) is 13.1 Å². The zero-order valence-corrected chi connectivity index (χ0v) is 12.2. The molecule has 2 unspecified atom stereocenters. The minimum absolute atomic E-state index is 0.0712. The molecule has 0 aliphatic carbocycles. The van der Waals surface area contributed by atoms with E-state index < -0.39 is 0 Å². The number of likely N-dealkylation sites (tertiary alicyclic amines) is 1. The van der Waals surface area contributed by atoms with Gasteiger partial charge in [0.15, 0.2) is 5.78 Å². The molecule has 2 atom stereocenters. The van der Waals surface area contributed by atoms with Crippen LogP contribution in [-0.4, -0.2) is 29.7 Å². The Morgan fingerprint density at radius 3 is 2.56 bits per heavy atom. The van der Waals surface area contributed by atoms with E-state index in [0.29, 0.717) is 24.8 Å². The van der Waals surface area contributed by atoms with Crippen LogP contribution in [-0.2, 0) is 9.59 Å². The molecule has 104 valence electrons. The zero-order valence-electron chi connectivity index (χ0n) is 12.2. The number of carbonyl (C=O) groups is 2. The fourth-order valence-electron chi connectivity index (χ4n) is 2.46. The average Bonchev–Trinajstić information content (AvgIpc) is 2.51. The van der Waals surface area contributed by atoms with Gasteiger partial charge >= 0.3 is 0 Å². The highest BCUT2D eigenvalue weighted by molar-refractivity contribution is 5.87. The summed E-state index contributed by atoms with van der Waals surface area (Å²) >= 11 is 0. The Morgan fingerprint density at radius 1 is 1.33 bits per heavy atom. The monoisotopic (exact) mass is 253 g/mol. The third-order valence-electron chi connectivity index (χ3n) is 4.30. The maximum absolute atomic E-state index is 12.0. The molecule has 1 rings (SSSR count). The van der Waals surface area contributed by atoms with Crippen LogP contribution < -0.4 is 0 Å². The first-order valence-electron chi connectivity index (χ1n) is 7.26. The minimum Gasteiger partial charge on any atom is -0.335 e. The molecule has 1 fully saturated rings. The van der Waals surface area contributed by atoms with Gasteiger partial charge in [-0.25, -0.2) is 0 Å². The Morgan fingerprint density at radius 2 is 2.00 bits per heavy atom. The van der Waals surface area contributed by atoms with E-state index in [2.05, 4.69) is 13.8 Å². The van der Waals surface area contributed by atoms with Gasteiger partial charge in [0.1, 0.15) is 0 Å². The number of hydrogen-bond acceptors (Lipinski definition) is 2. The highest BCUT2D eigenvalue weighted by Gasteiger charge is 2.26. The Labute approximate surface area is 111 Å². The number of carbonyl (C=O) groups excluding carboxylic acids is 2. The van der Waals surface area contributed by atoms with Gasteiger partial charge in [-0.3, -0.25) is 9.59 Å². The number of nitrogens with zero attached hydrogens (tertiary/aromatic N) is 1. The van der Waals surface area contributed by atoms with E-state index in [4.69, 9.17) is 0 Å². The number of amides is 1. The molecule has 0 spiro atoms. The predicted octanol–water partition coefficient (Wildman–Crippen LogP) is 2.89. The third kappa shape index (κ3) is 4.11. The molecule has 0 aromatic heterocycles. The zero-order chi connectivity index (χ0) is 13.7. The lowest BCUT2D eigenvalue weighted by Gasteiger charge is -2.22. The third-order valence-corrected chi connectivity index (χ3v) is 4.30. The summed E-state index contributed by atoms with van der Waals surface area (Å²) in [4.78, 5) is 25.7. The summed E-state index contributed by atoms with van der Waals surface area (Å²) in [5, 5.41) is 0. The maximum Gasteiger partial charge on any atom is 0.222 e. The number of Topliss-reactive ketones (excluding diaryl/α,β-unsaturated/α-hetero) is 1. The molecule has 0 aromatic carbocycles. The highest BCUT2D eigenvalue weighted by atomic mass is 16.2. The van der Waals surface area contributed by atoms with Crippen LogP contribution in [0.5, 0.6) is 0 Å². The van der Waals surface area contributed by atoms with Gasteiger partial charge in [-0.05, 0) is 31.1 Å². The highest BCUT2D eigenvalue weighted by Crippen LogP contribution is 2.25. The van der Waals surface area contributed by atoms with E-state index in [-0.39, 0.29) is 17.6 Å². The largest absolute Gasteiger partial charge is 0.335 e. The Balaban J connectivity index is 2.56. The minimum atomic E-state index is 0.0712. The van der Waals surface area contributed by atoms with Gasteiger partial charge in [-0.2, -0.15) is 0 Å². The molecule has 3 nitrogen and oxygen atoms in total. The van der Waals surface area contributed by atoms with Crippen molar-refractivity contribution in [3.63, 3.8) is 0 Å². The van der Waals surface area contributed by atoms with Crippen LogP contribution in [0.15, 0.2) is 0 Å². The molecule has 0 radical (unpaired) electrons. The van der Waals surface area contributed by atoms with Crippen LogP contribution in [0, 0.1) is 17.8 Å². The van der Waals surface area contributed by atoms with Gasteiger partial charge in [0.25, 0.3) is 0 Å². The van der Waals surface area contributed by atoms with Crippen LogP contribution in [0.3, 0.4) is 0 Å². The molecule has 1 heterocycles. The van der Waals surface area contributed by atoms with Gasteiger partial charge < -0.3 is 4.90 Å². The van der Waals surface area contributed by atoms with Gasteiger partial charge in [0.05, 0.1) is 6.54 Å². The molecule has 1 aliphatic heterocycles. The second kappa shape index (κ2) is 6.91. The van der Waals surface area contributed by atoms with Crippen molar-refractivity contribution in [3.8, 4) is 0 Å². The van der Waals surface area contributed by atoms with Crippen LogP contribution in [0.4, 0.5) is 0 Å². The van der Waals surface area contributed by atoms with Crippen LogP contribution in [0.1, 0.15) is 53.4 Å². The number of ketones is 1. The lowest BCUT2D eigenvalue weighted by molar-refractivity contribution is -0.136. The molecule has 1 aliphatic rings. The van der Waals surface area contributed by atoms with Crippen molar-refractivity contribution in [1.82, 2.24) is 4.90 Å². The van der Waals surface area contributed by atoms with Crippen molar-refractivity contribution in [2.24, 2.45) is 17.8 Å². The Hall–Kier alpha value is -0.860. The first-order chi connectivity index (χ1) is 8.45. The Kier molecular flexibility index (Phi) is 5.83. The second-order valence-corrected chi connectivity index (χ2v) is 5.92. The summed E-state index contributed by atoms with van der Waals surface area (Å²) in [6.45, 7) is 9.47. The quantitative estimate of drug-likeness (QED) is 0.755. The molecule has 0 aromatic rings. The lowest BCUT2D eigenvalue weighted by Crippen LogP contribution is -2.37. The molecule has 3 heteroatoms. The van der Waals surface area contributed by atoms with Crippen molar-refractivity contribution in [1.29, 1.82) is 0 Å². The summed E-state index contributed by atoms with van der Waals surface area (Å²) in [6, 6.07) is 0. The topological polar surface area (TPSA) is 37.4 Å². The predicted molar refractivity (Wildman–Crippen MR) is 73.2 cm³/mol. The summed E-state index contributed by atoms with van der Waals surface area (Å²) in [7, 11) is 0. The SMILES string of the molecule is CCC(C)C(=O)CN1CCC(C(C)C)CCC1=O. The smallest absolute Gasteiger partial charge is 0.222 e. The van der Waals surface area contributed by atoms with E-state index in [1.165, 1.54) is 0 Å². The van der Waals surface area contributed by atoms with Crippen molar-refractivity contribution >= 4 is 11.7 Å². The standard InChI is InChI=1S/C15H27NO2/c1-5-12(4)14(17)10-16-9-8-13(11(2)3)6-7-15(16)18/h11-13H,5-10H2,1-4H3. The number of rotatable bonds is 5. The van der Waals surface area contributed by atoms with Gasteiger partial charge in [-0.1, -0.05) is 27.7 Å². The first kappa shape index (κ1) is 15.2. The first-order valence-corrected chi connectivity index (χ1v) is 7.26. The second-order valence-electron chi connectivity index (χ2n) is 5.92. The molecular formula is C15H27NO2.